The Morgan fingerprint density at radius 3 is 2.94 bits per heavy atom. The SMILES string of the molecule is Cc1c(Cl)cccc1C(=O)N(C)Cc1cn[nH]c1. The van der Waals surface area contributed by atoms with Gasteiger partial charge in [-0.1, -0.05) is 17.7 Å². The van der Waals surface area contributed by atoms with Gasteiger partial charge in [0.1, 0.15) is 0 Å². The van der Waals surface area contributed by atoms with E-state index in [9.17, 15) is 4.79 Å². The van der Waals surface area contributed by atoms with E-state index in [4.69, 9.17) is 11.6 Å². The number of rotatable bonds is 3. The van der Waals surface area contributed by atoms with Crippen molar-refractivity contribution >= 4 is 17.5 Å². The summed E-state index contributed by atoms with van der Waals surface area (Å²) in [4.78, 5) is 13.9. The van der Waals surface area contributed by atoms with Crippen molar-refractivity contribution in [2.45, 2.75) is 13.5 Å². The van der Waals surface area contributed by atoms with Crippen molar-refractivity contribution in [1.29, 1.82) is 0 Å². The summed E-state index contributed by atoms with van der Waals surface area (Å²) in [6, 6.07) is 5.35. The van der Waals surface area contributed by atoms with Gasteiger partial charge in [-0.15, -0.1) is 0 Å². The molecule has 0 fully saturated rings. The van der Waals surface area contributed by atoms with E-state index in [1.807, 2.05) is 6.92 Å². The minimum Gasteiger partial charge on any atom is -0.337 e. The first-order chi connectivity index (χ1) is 8.59. The molecule has 1 heterocycles. The largest absolute Gasteiger partial charge is 0.337 e. The van der Waals surface area contributed by atoms with Crippen LogP contribution < -0.4 is 0 Å². The van der Waals surface area contributed by atoms with Crippen molar-refractivity contribution in [3.8, 4) is 0 Å². The van der Waals surface area contributed by atoms with Crippen LogP contribution in [0.3, 0.4) is 0 Å². The van der Waals surface area contributed by atoms with Crippen LogP contribution in [-0.2, 0) is 6.54 Å². The van der Waals surface area contributed by atoms with E-state index in [-0.39, 0.29) is 5.91 Å². The Balaban J connectivity index is 2.18. The number of hydrogen-bond acceptors (Lipinski definition) is 2. The fraction of sp³-hybridized carbons (Fsp3) is 0.231. The second-order valence-electron chi connectivity index (χ2n) is 4.18. The van der Waals surface area contributed by atoms with E-state index in [2.05, 4.69) is 10.2 Å². The number of hydrogen-bond donors (Lipinski definition) is 1. The van der Waals surface area contributed by atoms with Crippen molar-refractivity contribution < 1.29 is 4.79 Å². The lowest BCUT2D eigenvalue weighted by Gasteiger charge is -2.17. The van der Waals surface area contributed by atoms with Crippen LogP contribution in [0.15, 0.2) is 30.6 Å². The van der Waals surface area contributed by atoms with Gasteiger partial charge in [0.05, 0.1) is 6.20 Å². The van der Waals surface area contributed by atoms with Crippen LogP contribution in [0, 0.1) is 6.92 Å². The van der Waals surface area contributed by atoms with E-state index in [1.54, 1.807) is 42.5 Å². The lowest BCUT2D eigenvalue weighted by atomic mass is 10.1. The Morgan fingerprint density at radius 1 is 1.50 bits per heavy atom. The summed E-state index contributed by atoms with van der Waals surface area (Å²) < 4.78 is 0. The Bertz CT molecular complexity index is 551. The predicted octanol–water partition coefficient (Wildman–Crippen LogP) is 2.64. The van der Waals surface area contributed by atoms with Crippen LogP contribution in [0.1, 0.15) is 21.5 Å². The molecule has 0 aliphatic carbocycles. The van der Waals surface area contributed by atoms with E-state index in [0.717, 1.165) is 11.1 Å². The summed E-state index contributed by atoms with van der Waals surface area (Å²) >= 11 is 6.02. The lowest BCUT2D eigenvalue weighted by molar-refractivity contribution is 0.0784. The number of amides is 1. The van der Waals surface area contributed by atoms with Gasteiger partial charge in [0.2, 0.25) is 0 Å². The van der Waals surface area contributed by atoms with Crippen molar-refractivity contribution in [2.75, 3.05) is 7.05 Å². The van der Waals surface area contributed by atoms with Gasteiger partial charge in [-0.25, -0.2) is 0 Å². The van der Waals surface area contributed by atoms with Crippen LogP contribution >= 0.6 is 11.6 Å². The molecule has 0 bridgehead atoms. The first kappa shape index (κ1) is 12.6. The van der Waals surface area contributed by atoms with Crippen molar-refractivity contribution in [3.05, 3.63) is 52.3 Å². The summed E-state index contributed by atoms with van der Waals surface area (Å²) in [5.41, 5.74) is 2.40. The monoisotopic (exact) mass is 263 g/mol. The van der Waals surface area contributed by atoms with Crippen LogP contribution in [-0.4, -0.2) is 28.1 Å². The van der Waals surface area contributed by atoms with E-state index >= 15 is 0 Å². The Labute approximate surface area is 111 Å². The molecule has 0 radical (unpaired) electrons. The molecule has 18 heavy (non-hydrogen) atoms. The van der Waals surface area contributed by atoms with Gasteiger partial charge in [-0.2, -0.15) is 5.10 Å². The molecule has 0 spiro atoms. The molecule has 0 unspecified atom stereocenters. The van der Waals surface area contributed by atoms with Gasteiger partial charge in [0.15, 0.2) is 0 Å². The zero-order chi connectivity index (χ0) is 13.1. The number of aromatic amines is 1. The fourth-order valence-electron chi connectivity index (χ4n) is 1.75. The highest BCUT2D eigenvalue weighted by Gasteiger charge is 2.15. The number of carbonyl (C=O) groups excluding carboxylic acids is 1. The van der Waals surface area contributed by atoms with Gasteiger partial charge >= 0.3 is 0 Å². The summed E-state index contributed by atoms with van der Waals surface area (Å²) in [6.45, 7) is 2.36. The molecule has 5 heteroatoms. The van der Waals surface area contributed by atoms with Crippen LogP contribution in [0.2, 0.25) is 5.02 Å². The maximum absolute atomic E-state index is 12.3. The molecule has 0 atom stereocenters. The first-order valence-electron chi connectivity index (χ1n) is 5.58. The highest BCUT2D eigenvalue weighted by molar-refractivity contribution is 6.31. The summed E-state index contributed by atoms with van der Waals surface area (Å²) in [6.07, 6.45) is 3.48. The number of nitrogens with zero attached hydrogens (tertiary/aromatic N) is 2. The molecule has 1 amide bonds. The quantitative estimate of drug-likeness (QED) is 0.926. The first-order valence-corrected chi connectivity index (χ1v) is 5.95. The standard InChI is InChI=1S/C13H14ClN3O/c1-9-11(4-3-5-12(9)14)13(18)17(2)8-10-6-15-16-7-10/h3-7H,8H2,1-2H3,(H,15,16). The Morgan fingerprint density at radius 2 is 2.28 bits per heavy atom. The predicted molar refractivity (Wildman–Crippen MR) is 70.6 cm³/mol. The fourth-order valence-corrected chi connectivity index (χ4v) is 1.93. The highest BCUT2D eigenvalue weighted by Crippen LogP contribution is 2.20. The number of H-pyrrole nitrogens is 1. The van der Waals surface area contributed by atoms with Gasteiger partial charge in [0.25, 0.3) is 5.91 Å². The van der Waals surface area contributed by atoms with Crippen molar-refractivity contribution in [1.82, 2.24) is 15.1 Å². The lowest BCUT2D eigenvalue weighted by Crippen LogP contribution is -2.26. The Kier molecular flexibility index (Phi) is 3.67. The molecule has 2 rings (SSSR count). The smallest absolute Gasteiger partial charge is 0.254 e. The molecule has 94 valence electrons. The minimum atomic E-state index is -0.0452. The highest BCUT2D eigenvalue weighted by atomic mass is 35.5. The molecule has 0 aliphatic rings. The van der Waals surface area contributed by atoms with Gasteiger partial charge < -0.3 is 4.90 Å². The molecule has 0 saturated heterocycles. The average Bonchev–Trinajstić information content (AvgIpc) is 2.84. The third-order valence-corrected chi connectivity index (χ3v) is 3.23. The number of carbonyl (C=O) groups is 1. The van der Waals surface area contributed by atoms with Gasteiger partial charge in [-0.3, -0.25) is 9.89 Å². The van der Waals surface area contributed by atoms with Crippen LogP contribution in [0.5, 0.6) is 0 Å². The third-order valence-electron chi connectivity index (χ3n) is 2.82. The van der Waals surface area contributed by atoms with E-state index in [1.165, 1.54) is 0 Å². The van der Waals surface area contributed by atoms with Gasteiger partial charge in [0, 0.05) is 35.9 Å². The molecular weight excluding hydrogens is 250 g/mol. The second kappa shape index (κ2) is 5.23. The van der Waals surface area contributed by atoms with Gasteiger partial charge in [-0.05, 0) is 24.6 Å². The molecule has 1 N–H and O–H groups in total. The number of aromatic nitrogens is 2. The van der Waals surface area contributed by atoms with Crippen LogP contribution in [0.25, 0.3) is 0 Å². The van der Waals surface area contributed by atoms with Crippen molar-refractivity contribution in [3.63, 3.8) is 0 Å². The van der Waals surface area contributed by atoms with E-state index < -0.39 is 0 Å². The zero-order valence-corrected chi connectivity index (χ0v) is 11.0. The summed E-state index contributed by atoms with van der Waals surface area (Å²) in [5, 5.41) is 7.19. The second-order valence-corrected chi connectivity index (χ2v) is 4.59. The van der Waals surface area contributed by atoms with Crippen LogP contribution in [0.4, 0.5) is 0 Å². The molecule has 2 aromatic rings. The molecule has 1 aromatic carbocycles. The average molecular weight is 264 g/mol. The summed E-state index contributed by atoms with van der Waals surface area (Å²) in [5.74, 6) is -0.0452. The molecule has 0 aliphatic heterocycles. The molecule has 0 saturated carbocycles. The maximum atomic E-state index is 12.3. The number of halogens is 1. The normalized spacial score (nSPS) is 10.4. The Hall–Kier alpha value is -1.81. The molecule has 1 aromatic heterocycles. The number of nitrogens with one attached hydrogen (secondary N) is 1. The maximum Gasteiger partial charge on any atom is 0.254 e. The number of benzene rings is 1. The minimum absolute atomic E-state index is 0.0452. The van der Waals surface area contributed by atoms with Crippen molar-refractivity contribution in [2.24, 2.45) is 0 Å². The topological polar surface area (TPSA) is 49.0 Å². The molecular formula is C13H14ClN3O. The zero-order valence-electron chi connectivity index (χ0n) is 10.3. The summed E-state index contributed by atoms with van der Waals surface area (Å²) in [7, 11) is 1.76. The third kappa shape index (κ3) is 2.54. The molecule has 4 nitrogen and oxygen atoms in total. The van der Waals surface area contributed by atoms with E-state index in [0.29, 0.717) is 17.1 Å².